The lowest BCUT2D eigenvalue weighted by Crippen LogP contribution is -2.34. The van der Waals surface area contributed by atoms with Crippen molar-refractivity contribution in [3.8, 4) is 0 Å². The predicted molar refractivity (Wildman–Crippen MR) is 116 cm³/mol. The number of aromatic nitrogens is 2. The summed E-state index contributed by atoms with van der Waals surface area (Å²) in [6, 6.07) is 15.4. The summed E-state index contributed by atoms with van der Waals surface area (Å²) in [6.45, 7) is 2.90. The van der Waals surface area contributed by atoms with E-state index in [0.29, 0.717) is 27.9 Å². The molecule has 7 heteroatoms. The fraction of sp³-hybridized carbons (Fsp3) is 0.286. The minimum Gasteiger partial charge on any atom is -0.311 e. The molecule has 1 aromatic heterocycles. The summed E-state index contributed by atoms with van der Waals surface area (Å²) in [6.07, 6.45) is 0.947. The Balaban J connectivity index is 1.58. The van der Waals surface area contributed by atoms with Gasteiger partial charge in [-0.2, -0.15) is 0 Å². The van der Waals surface area contributed by atoms with E-state index >= 15 is 0 Å². The number of carbonyl (C=O) groups is 1. The van der Waals surface area contributed by atoms with Gasteiger partial charge in [-0.05, 0) is 30.7 Å². The Morgan fingerprint density at radius 1 is 1.21 bits per heavy atom. The van der Waals surface area contributed by atoms with Crippen LogP contribution in [0.1, 0.15) is 13.3 Å². The second-order valence-corrected chi connectivity index (χ2v) is 9.22. The van der Waals surface area contributed by atoms with E-state index < -0.39 is 0 Å². The van der Waals surface area contributed by atoms with Gasteiger partial charge in [-0.3, -0.25) is 14.2 Å². The smallest absolute Gasteiger partial charge is 0.261 e. The Kier molecular flexibility index (Phi) is 5.46. The average Bonchev–Trinajstić information content (AvgIpc) is 2.87. The van der Waals surface area contributed by atoms with Crippen LogP contribution in [0.15, 0.2) is 63.4 Å². The number of thioether (sulfide) groups is 2. The first-order valence-corrected chi connectivity index (χ1v) is 11.1. The SMILES string of the molecule is CC1CCN(C(=O)CSc2nc3ccccc3c(=O)n2C)c2ccccc2S1. The molecule has 1 aliphatic rings. The number of benzene rings is 2. The Hall–Kier alpha value is -2.25. The molecule has 0 saturated carbocycles. The van der Waals surface area contributed by atoms with Crippen LogP contribution in [-0.4, -0.2) is 33.0 Å². The van der Waals surface area contributed by atoms with Crippen molar-refractivity contribution in [3.05, 3.63) is 58.9 Å². The number of rotatable bonds is 3. The van der Waals surface area contributed by atoms with Crippen LogP contribution >= 0.6 is 23.5 Å². The number of para-hydroxylation sites is 2. The molecule has 144 valence electrons. The summed E-state index contributed by atoms with van der Waals surface area (Å²) in [7, 11) is 1.70. The van der Waals surface area contributed by atoms with E-state index in [1.807, 2.05) is 53.1 Å². The molecule has 0 fully saturated rings. The van der Waals surface area contributed by atoms with Gasteiger partial charge in [0, 0.05) is 23.7 Å². The van der Waals surface area contributed by atoms with E-state index in [2.05, 4.69) is 18.0 Å². The number of carbonyl (C=O) groups excluding carboxylic acids is 1. The first-order chi connectivity index (χ1) is 13.5. The lowest BCUT2D eigenvalue weighted by Gasteiger charge is -2.22. The van der Waals surface area contributed by atoms with Crippen molar-refractivity contribution in [3.63, 3.8) is 0 Å². The highest BCUT2D eigenvalue weighted by Crippen LogP contribution is 2.37. The third-order valence-electron chi connectivity index (χ3n) is 4.81. The lowest BCUT2D eigenvalue weighted by atomic mass is 10.2. The van der Waals surface area contributed by atoms with Crippen LogP contribution in [0.3, 0.4) is 0 Å². The lowest BCUT2D eigenvalue weighted by molar-refractivity contribution is -0.116. The molecule has 2 aromatic carbocycles. The highest BCUT2D eigenvalue weighted by atomic mass is 32.2. The van der Waals surface area contributed by atoms with Crippen LogP contribution < -0.4 is 10.5 Å². The largest absolute Gasteiger partial charge is 0.311 e. The van der Waals surface area contributed by atoms with Gasteiger partial charge in [0.05, 0.1) is 22.3 Å². The topological polar surface area (TPSA) is 55.2 Å². The standard InChI is InChI=1S/C21H21N3O2S2/c1-14-11-12-24(17-9-5-6-10-18(17)28-14)19(25)13-27-21-22-16-8-4-3-7-15(16)20(26)23(21)2/h3-10,14H,11-13H2,1-2H3. The second-order valence-electron chi connectivity index (χ2n) is 6.79. The normalized spacial score (nSPS) is 16.6. The first kappa shape index (κ1) is 19.1. The maximum absolute atomic E-state index is 13.0. The van der Waals surface area contributed by atoms with Crippen molar-refractivity contribution in [2.24, 2.45) is 7.05 Å². The van der Waals surface area contributed by atoms with E-state index in [4.69, 9.17) is 0 Å². The molecule has 1 atom stereocenters. The molecule has 3 aromatic rings. The summed E-state index contributed by atoms with van der Waals surface area (Å²) in [5, 5.41) is 1.62. The zero-order valence-corrected chi connectivity index (χ0v) is 17.4. The van der Waals surface area contributed by atoms with Gasteiger partial charge >= 0.3 is 0 Å². The van der Waals surface area contributed by atoms with Crippen LogP contribution in [0.5, 0.6) is 0 Å². The molecule has 28 heavy (non-hydrogen) atoms. The molecule has 0 radical (unpaired) electrons. The van der Waals surface area contributed by atoms with E-state index in [-0.39, 0.29) is 17.2 Å². The maximum atomic E-state index is 13.0. The van der Waals surface area contributed by atoms with E-state index in [9.17, 15) is 9.59 Å². The Morgan fingerprint density at radius 3 is 2.82 bits per heavy atom. The summed E-state index contributed by atoms with van der Waals surface area (Å²) in [4.78, 5) is 33.2. The van der Waals surface area contributed by atoms with Crippen molar-refractivity contribution in [1.82, 2.24) is 9.55 Å². The minimum atomic E-state index is -0.0918. The number of nitrogens with zero attached hydrogens (tertiary/aromatic N) is 3. The number of hydrogen-bond donors (Lipinski definition) is 0. The summed E-state index contributed by atoms with van der Waals surface area (Å²) in [5.74, 6) is 0.279. The molecule has 1 aliphatic heterocycles. The number of hydrogen-bond acceptors (Lipinski definition) is 5. The fourth-order valence-electron chi connectivity index (χ4n) is 3.28. The quantitative estimate of drug-likeness (QED) is 0.483. The van der Waals surface area contributed by atoms with E-state index in [0.717, 1.165) is 17.0 Å². The summed E-state index contributed by atoms with van der Waals surface area (Å²) >= 11 is 3.13. The van der Waals surface area contributed by atoms with Gasteiger partial charge in [0.15, 0.2) is 5.16 Å². The van der Waals surface area contributed by atoms with Gasteiger partial charge in [0.1, 0.15) is 0 Å². The van der Waals surface area contributed by atoms with Crippen LogP contribution in [-0.2, 0) is 11.8 Å². The molecule has 0 saturated heterocycles. The molecule has 5 nitrogen and oxygen atoms in total. The number of anilines is 1. The third kappa shape index (κ3) is 3.69. The Bertz CT molecular complexity index is 1100. The molecule has 4 rings (SSSR count). The average molecular weight is 412 g/mol. The van der Waals surface area contributed by atoms with Crippen LogP contribution in [0, 0.1) is 0 Å². The van der Waals surface area contributed by atoms with Gasteiger partial charge in [0.25, 0.3) is 5.56 Å². The van der Waals surface area contributed by atoms with Crippen molar-refractivity contribution < 1.29 is 4.79 Å². The highest BCUT2D eigenvalue weighted by Gasteiger charge is 2.24. The second kappa shape index (κ2) is 8.01. The molecule has 0 N–H and O–H groups in total. The molecular formula is C21H21N3O2S2. The van der Waals surface area contributed by atoms with Gasteiger partial charge < -0.3 is 4.90 Å². The first-order valence-electron chi connectivity index (χ1n) is 9.19. The summed E-state index contributed by atoms with van der Waals surface area (Å²) < 4.78 is 1.52. The molecule has 0 spiro atoms. The van der Waals surface area contributed by atoms with E-state index in [1.165, 1.54) is 16.3 Å². The molecule has 0 aliphatic carbocycles. The predicted octanol–water partition coefficient (Wildman–Crippen LogP) is 3.94. The molecule has 2 heterocycles. The zero-order chi connectivity index (χ0) is 19.7. The van der Waals surface area contributed by atoms with Crippen LogP contribution in [0.25, 0.3) is 10.9 Å². The number of amides is 1. The van der Waals surface area contributed by atoms with Crippen molar-refractivity contribution in [2.45, 2.75) is 28.6 Å². The fourth-order valence-corrected chi connectivity index (χ4v) is 5.24. The van der Waals surface area contributed by atoms with E-state index in [1.54, 1.807) is 13.1 Å². The van der Waals surface area contributed by atoms with Gasteiger partial charge in [-0.15, -0.1) is 11.8 Å². The van der Waals surface area contributed by atoms with Crippen LogP contribution in [0.2, 0.25) is 0 Å². The van der Waals surface area contributed by atoms with Crippen molar-refractivity contribution >= 4 is 46.0 Å². The number of fused-ring (bicyclic) bond motifs is 2. The Labute approximate surface area is 172 Å². The molecule has 1 unspecified atom stereocenters. The zero-order valence-electron chi connectivity index (χ0n) is 15.8. The van der Waals surface area contributed by atoms with Gasteiger partial charge in [-0.25, -0.2) is 4.98 Å². The maximum Gasteiger partial charge on any atom is 0.261 e. The Morgan fingerprint density at radius 2 is 1.96 bits per heavy atom. The van der Waals surface area contributed by atoms with Gasteiger partial charge in [0.2, 0.25) is 5.91 Å². The molecular weight excluding hydrogens is 390 g/mol. The molecule has 0 bridgehead atoms. The van der Waals surface area contributed by atoms with Crippen molar-refractivity contribution in [2.75, 3.05) is 17.2 Å². The van der Waals surface area contributed by atoms with Crippen molar-refractivity contribution in [1.29, 1.82) is 0 Å². The van der Waals surface area contributed by atoms with Gasteiger partial charge in [-0.1, -0.05) is 43.0 Å². The third-order valence-corrected chi connectivity index (χ3v) is 7.06. The molecule has 1 amide bonds. The van der Waals surface area contributed by atoms with Crippen LogP contribution in [0.4, 0.5) is 5.69 Å². The highest BCUT2D eigenvalue weighted by molar-refractivity contribution is 8.00. The summed E-state index contributed by atoms with van der Waals surface area (Å²) in [5.41, 5.74) is 1.54. The minimum absolute atomic E-state index is 0.0366. The monoisotopic (exact) mass is 411 g/mol.